The van der Waals surface area contributed by atoms with Gasteiger partial charge >= 0.3 is 0 Å². The Morgan fingerprint density at radius 1 is 1.32 bits per heavy atom. The zero-order valence-electron chi connectivity index (χ0n) is 13.2. The minimum atomic E-state index is -0.389. The van der Waals surface area contributed by atoms with Crippen molar-refractivity contribution in [3.63, 3.8) is 0 Å². The highest BCUT2D eigenvalue weighted by Gasteiger charge is 2.24. The fraction of sp³-hybridized carbons (Fsp3) is 0.294. The van der Waals surface area contributed by atoms with Crippen LogP contribution in [-0.2, 0) is 12.8 Å². The number of carbonyl (C=O) groups is 1. The number of anilines is 1. The molecule has 1 aliphatic rings. The van der Waals surface area contributed by atoms with Gasteiger partial charge in [0.2, 0.25) is 5.13 Å². The van der Waals surface area contributed by atoms with Crippen LogP contribution in [0.15, 0.2) is 34.9 Å². The Labute approximate surface area is 147 Å². The van der Waals surface area contributed by atoms with E-state index < -0.39 is 0 Å². The molecular formula is C17H15FN4O2S. The molecule has 1 saturated carbocycles. The van der Waals surface area contributed by atoms with Crippen LogP contribution >= 0.6 is 11.3 Å². The summed E-state index contributed by atoms with van der Waals surface area (Å²) >= 11 is 1.21. The summed E-state index contributed by atoms with van der Waals surface area (Å²) < 4.78 is 19.0. The molecule has 0 spiro atoms. The first kappa shape index (κ1) is 15.9. The molecule has 3 aromatic rings. The first-order valence-electron chi connectivity index (χ1n) is 7.99. The number of aromatic nitrogens is 3. The summed E-state index contributed by atoms with van der Waals surface area (Å²) in [5.74, 6) is 0.553. The molecule has 1 fully saturated rings. The molecule has 8 heteroatoms. The van der Waals surface area contributed by atoms with E-state index in [9.17, 15) is 9.18 Å². The molecule has 1 aromatic carbocycles. The van der Waals surface area contributed by atoms with Gasteiger partial charge in [-0.05, 0) is 30.4 Å². The van der Waals surface area contributed by atoms with Crippen molar-refractivity contribution in [2.24, 2.45) is 5.92 Å². The fourth-order valence-corrected chi connectivity index (χ4v) is 3.18. The zero-order chi connectivity index (χ0) is 17.2. The molecule has 0 bridgehead atoms. The summed E-state index contributed by atoms with van der Waals surface area (Å²) in [7, 11) is 0. The number of rotatable bonds is 6. The molecular weight excluding hydrogens is 343 g/mol. The van der Waals surface area contributed by atoms with Gasteiger partial charge in [-0.3, -0.25) is 10.1 Å². The molecule has 0 saturated heterocycles. The minimum absolute atomic E-state index is 0.224. The molecule has 2 aromatic heterocycles. The van der Waals surface area contributed by atoms with Gasteiger partial charge in [0.05, 0.1) is 0 Å². The quantitative estimate of drug-likeness (QED) is 0.730. The Kier molecular flexibility index (Phi) is 4.27. The van der Waals surface area contributed by atoms with Gasteiger partial charge in [0, 0.05) is 12.8 Å². The second-order valence-corrected chi connectivity index (χ2v) is 7.06. The highest BCUT2D eigenvalue weighted by molar-refractivity contribution is 7.15. The van der Waals surface area contributed by atoms with Crippen molar-refractivity contribution < 1.29 is 13.6 Å². The number of oxazole rings is 1. The van der Waals surface area contributed by atoms with Crippen molar-refractivity contribution in [2.45, 2.75) is 25.7 Å². The van der Waals surface area contributed by atoms with Crippen LogP contribution in [-0.4, -0.2) is 21.1 Å². The Morgan fingerprint density at radius 3 is 2.96 bits per heavy atom. The van der Waals surface area contributed by atoms with Crippen molar-refractivity contribution in [3.05, 3.63) is 58.5 Å². The number of amides is 1. The summed E-state index contributed by atoms with van der Waals surface area (Å²) in [6, 6.07) is 6.51. The highest BCUT2D eigenvalue weighted by Crippen LogP contribution is 2.32. The number of hydrogen-bond donors (Lipinski definition) is 1. The molecule has 6 nitrogen and oxygen atoms in total. The maximum atomic E-state index is 13.7. The first-order valence-corrected chi connectivity index (χ1v) is 8.80. The van der Waals surface area contributed by atoms with E-state index in [0.29, 0.717) is 33.9 Å². The molecule has 1 amide bonds. The van der Waals surface area contributed by atoms with Crippen LogP contribution in [0.1, 0.15) is 39.8 Å². The van der Waals surface area contributed by atoms with Crippen LogP contribution in [0.4, 0.5) is 9.52 Å². The van der Waals surface area contributed by atoms with Crippen LogP contribution < -0.4 is 5.32 Å². The molecule has 1 N–H and O–H groups in total. The Morgan fingerprint density at radius 2 is 2.16 bits per heavy atom. The number of nitrogens with zero attached hydrogens (tertiary/aromatic N) is 3. The number of nitrogens with one attached hydrogen (secondary N) is 1. The summed E-state index contributed by atoms with van der Waals surface area (Å²) in [4.78, 5) is 16.4. The summed E-state index contributed by atoms with van der Waals surface area (Å²) in [6.45, 7) is 0. The molecule has 4 rings (SSSR count). The van der Waals surface area contributed by atoms with E-state index in [1.54, 1.807) is 18.2 Å². The average Bonchev–Trinajstić information content (AvgIpc) is 3.10. The van der Waals surface area contributed by atoms with Gasteiger partial charge in [-0.25, -0.2) is 9.37 Å². The molecule has 0 unspecified atom stereocenters. The molecule has 0 atom stereocenters. The van der Waals surface area contributed by atoms with E-state index in [0.717, 1.165) is 6.42 Å². The molecule has 25 heavy (non-hydrogen) atoms. The predicted octanol–water partition coefficient (Wildman–Crippen LogP) is 3.46. The lowest BCUT2D eigenvalue weighted by atomic mass is 10.1. The molecule has 128 valence electrons. The lowest BCUT2D eigenvalue weighted by molar-refractivity contribution is 0.102. The van der Waals surface area contributed by atoms with Gasteiger partial charge in [0.15, 0.2) is 11.6 Å². The standard InChI is InChI=1S/C17H15FN4O2S/c18-12-4-2-1-3-11(12)8-15-21-22-17(25-15)20-16(23)13-9-24-14(19-13)7-10-5-6-10/h1-4,9-10H,5-8H2,(H,20,22,23). The maximum Gasteiger partial charge on any atom is 0.279 e. The summed E-state index contributed by atoms with van der Waals surface area (Å²) in [5, 5.41) is 11.5. The van der Waals surface area contributed by atoms with Gasteiger partial charge in [0.25, 0.3) is 5.91 Å². The molecule has 0 radical (unpaired) electrons. The number of hydrogen-bond acceptors (Lipinski definition) is 6. The van der Waals surface area contributed by atoms with Crippen molar-refractivity contribution in [1.82, 2.24) is 15.2 Å². The number of benzene rings is 1. The van der Waals surface area contributed by atoms with Crippen LogP contribution in [0.25, 0.3) is 0 Å². The highest BCUT2D eigenvalue weighted by atomic mass is 32.1. The van der Waals surface area contributed by atoms with Gasteiger partial charge in [-0.2, -0.15) is 0 Å². The second kappa shape index (κ2) is 6.72. The Hall–Kier alpha value is -2.61. The Balaban J connectivity index is 1.39. The summed E-state index contributed by atoms with van der Waals surface area (Å²) in [6.07, 6.45) is 4.85. The maximum absolute atomic E-state index is 13.7. The van der Waals surface area contributed by atoms with Crippen LogP contribution in [0, 0.1) is 11.7 Å². The minimum Gasteiger partial charge on any atom is -0.448 e. The second-order valence-electron chi connectivity index (χ2n) is 6.00. The van der Waals surface area contributed by atoms with Crippen molar-refractivity contribution in [3.8, 4) is 0 Å². The van der Waals surface area contributed by atoms with E-state index >= 15 is 0 Å². The average molecular weight is 358 g/mol. The normalized spacial score (nSPS) is 13.8. The van der Waals surface area contributed by atoms with Gasteiger partial charge in [-0.1, -0.05) is 29.5 Å². The topological polar surface area (TPSA) is 80.9 Å². The van der Waals surface area contributed by atoms with Gasteiger partial charge < -0.3 is 4.42 Å². The van der Waals surface area contributed by atoms with Crippen molar-refractivity contribution >= 4 is 22.4 Å². The van der Waals surface area contributed by atoms with Crippen LogP contribution in [0.2, 0.25) is 0 Å². The third-order valence-electron chi connectivity index (χ3n) is 3.93. The smallest absolute Gasteiger partial charge is 0.279 e. The lowest BCUT2D eigenvalue weighted by Crippen LogP contribution is -2.12. The van der Waals surface area contributed by atoms with Crippen molar-refractivity contribution in [1.29, 1.82) is 0 Å². The first-order chi connectivity index (χ1) is 12.2. The molecule has 1 aliphatic carbocycles. The van der Waals surface area contributed by atoms with E-state index in [1.807, 2.05) is 0 Å². The third-order valence-corrected chi connectivity index (χ3v) is 4.77. The van der Waals surface area contributed by atoms with E-state index in [1.165, 1.54) is 36.5 Å². The molecule has 2 heterocycles. The number of halogens is 1. The number of carbonyl (C=O) groups excluding carboxylic acids is 1. The monoisotopic (exact) mass is 358 g/mol. The summed E-state index contributed by atoms with van der Waals surface area (Å²) in [5.41, 5.74) is 0.763. The van der Waals surface area contributed by atoms with Crippen LogP contribution in [0.3, 0.4) is 0 Å². The van der Waals surface area contributed by atoms with Crippen LogP contribution in [0.5, 0.6) is 0 Å². The van der Waals surface area contributed by atoms with Gasteiger partial charge in [0.1, 0.15) is 17.1 Å². The zero-order valence-corrected chi connectivity index (χ0v) is 14.1. The Bertz CT molecular complexity index is 903. The molecule has 0 aliphatic heterocycles. The van der Waals surface area contributed by atoms with Crippen molar-refractivity contribution in [2.75, 3.05) is 5.32 Å². The van der Waals surface area contributed by atoms with E-state index in [-0.39, 0.29) is 17.4 Å². The fourth-order valence-electron chi connectivity index (χ4n) is 2.42. The van der Waals surface area contributed by atoms with Gasteiger partial charge in [-0.15, -0.1) is 10.2 Å². The predicted molar refractivity (Wildman–Crippen MR) is 90.0 cm³/mol. The lowest BCUT2D eigenvalue weighted by Gasteiger charge is -1.98. The SMILES string of the molecule is O=C(Nc1nnc(Cc2ccccc2F)s1)c1coc(CC2CC2)n1. The third kappa shape index (κ3) is 3.90. The van der Waals surface area contributed by atoms with E-state index in [2.05, 4.69) is 20.5 Å². The van der Waals surface area contributed by atoms with E-state index in [4.69, 9.17) is 4.42 Å². The largest absolute Gasteiger partial charge is 0.448 e.